The minimum absolute atomic E-state index is 0. The van der Waals surface area contributed by atoms with Gasteiger partial charge >= 0.3 is 0 Å². The topological polar surface area (TPSA) is 482 Å². The van der Waals surface area contributed by atoms with Crippen LogP contribution in [-0.4, -0.2) is 108 Å². The second kappa shape index (κ2) is 41.5. The number of nitrogens with two attached hydrogens (primary N) is 1. The molecule has 80 heavy (non-hydrogen) atoms. The lowest BCUT2D eigenvalue weighted by Crippen LogP contribution is -2.46. The van der Waals surface area contributed by atoms with Gasteiger partial charge in [0.15, 0.2) is 22.8 Å². The molecular formula is C49H99N10O17P3S. The predicted molar refractivity (Wildman–Crippen MR) is 304 cm³/mol. The molecule has 2 amide bonds. The minimum atomic E-state index is -5.91. The van der Waals surface area contributed by atoms with Crippen molar-refractivity contribution in [3.05, 3.63) is 12.7 Å². The van der Waals surface area contributed by atoms with Crippen LogP contribution >= 0.6 is 35.2 Å². The van der Waals surface area contributed by atoms with Gasteiger partial charge in [0.1, 0.15) is 36.3 Å². The van der Waals surface area contributed by atoms with Crippen LogP contribution < -0.4 is 49.5 Å². The standard InChI is InChI=1S/C49H90N7O17P3S.3H3N/c1-4-5-6-7-8-9-10-11-12-13-14-15-16-17-18-19-20-21-22-23-24-25-26-27-28-29-40(58)77-33-32-51-39(57)30-31-52-47(61)44(60)49(2,3)35-70-76(67,68)73-75(65,66)69-34-38-43(72-74(62,63)64)42(59)48(71-38)56-37-55-41-45(50)53-36-54-46(41)56;;;/h36-38,42-44,48,59-60H,4-35H2,1-3H3,(H,51,57)(H,52,61)(H,65,66)(H,67,68)(H2,50,53,54)(H2,62,63,64);3*1H3/t38-,42-,43-,44+,48-;;;/m1.../s1. The van der Waals surface area contributed by atoms with Crippen molar-refractivity contribution in [1.82, 2.24) is 48.6 Å². The number of nitrogen functional groups attached to an aromatic ring is 1. The molecule has 468 valence electrons. The number of fused-ring (bicyclic) bond motifs is 1. The van der Waals surface area contributed by atoms with E-state index in [1.807, 2.05) is 0 Å². The van der Waals surface area contributed by atoms with E-state index in [0.717, 1.165) is 48.2 Å². The van der Waals surface area contributed by atoms with Gasteiger partial charge in [-0.3, -0.25) is 32.6 Å². The number of thioether (sulfide) groups is 1. The molecule has 1 fully saturated rings. The fraction of sp³-hybridized carbons (Fsp3) is 0.837. The molecule has 8 atom stereocenters. The number of carbonyl (C=O) groups is 3. The zero-order valence-electron chi connectivity index (χ0n) is 48.3. The zero-order valence-corrected chi connectivity index (χ0v) is 51.8. The molecule has 0 aliphatic carbocycles. The molecule has 27 nitrogen and oxygen atoms in total. The monoisotopic (exact) mass is 1220 g/mol. The average molecular weight is 1230 g/mol. The van der Waals surface area contributed by atoms with Crippen molar-refractivity contribution in [2.75, 3.05) is 37.8 Å². The van der Waals surface area contributed by atoms with Crippen molar-refractivity contribution in [1.29, 1.82) is 0 Å². The second-order valence-electron chi connectivity index (χ2n) is 20.5. The molecule has 2 aromatic heterocycles. The van der Waals surface area contributed by atoms with Crippen molar-refractivity contribution >= 4 is 69.1 Å². The summed E-state index contributed by atoms with van der Waals surface area (Å²) in [5.41, 5.74) is 4.15. The number of rotatable bonds is 45. The molecule has 0 spiro atoms. The van der Waals surface area contributed by atoms with E-state index in [0.29, 0.717) is 12.2 Å². The van der Waals surface area contributed by atoms with Crippen molar-refractivity contribution in [2.24, 2.45) is 5.41 Å². The van der Waals surface area contributed by atoms with Gasteiger partial charge in [0.25, 0.3) is 23.5 Å². The molecule has 3 rings (SSSR count). The molecule has 1 aliphatic heterocycles. The van der Waals surface area contributed by atoms with E-state index in [9.17, 15) is 57.9 Å². The lowest BCUT2D eigenvalue weighted by Gasteiger charge is -2.35. The predicted octanol–water partition coefficient (Wildman–Crippen LogP) is 8.06. The van der Waals surface area contributed by atoms with Gasteiger partial charge in [0.2, 0.25) is 11.8 Å². The summed E-state index contributed by atoms with van der Waals surface area (Å²) < 4.78 is 61.3. The molecule has 3 heterocycles. The highest BCUT2D eigenvalue weighted by Crippen LogP contribution is 2.56. The summed E-state index contributed by atoms with van der Waals surface area (Å²) in [5.74, 6) is -1.10. The number of aliphatic hydroxyl groups is 2. The number of aromatic nitrogens is 4. The Morgan fingerprint density at radius 2 is 1.24 bits per heavy atom. The van der Waals surface area contributed by atoms with Crippen molar-refractivity contribution in [2.45, 2.75) is 225 Å². The Bertz CT molecular complexity index is 2180. The number of quaternary nitrogens is 3. The number of aliphatic hydroxyl groups excluding tert-OH is 2. The van der Waals surface area contributed by atoms with Crippen LogP contribution in [0.1, 0.15) is 200 Å². The van der Waals surface area contributed by atoms with Crippen LogP contribution in [0.2, 0.25) is 0 Å². The maximum Gasteiger partial charge on any atom is 0.274 e. The number of carbonyl (C=O) groups excluding carboxylic acids is 3. The summed E-state index contributed by atoms with van der Waals surface area (Å²) >= 11 is 1.15. The van der Waals surface area contributed by atoms with Crippen LogP contribution in [0.5, 0.6) is 0 Å². The van der Waals surface area contributed by atoms with Crippen LogP contribution in [0.15, 0.2) is 12.7 Å². The molecule has 0 aromatic carbocycles. The summed E-state index contributed by atoms with van der Waals surface area (Å²) in [5, 5.41) is 26.6. The van der Waals surface area contributed by atoms with Gasteiger partial charge in [0, 0.05) is 37.1 Å². The Labute approximate surface area is 477 Å². The molecule has 0 bridgehead atoms. The number of unbranched alkanes of at least 4 members (excludes halogenated alkanes) is 24. The first-order valence-corrected chi connectivity index (χ1v) is 33.0. The number of imidazole rings is 1. The number of anilines is 1. The van der Waals surface area contributed by atoms with Crippen LogP contribution in [0, 0.1) is 5.41 Å². The highest BCUT2D eigenvalue weighted by Gasteiger charge is 2.48. The van der Waals surface area contributed by atoms with E-state index >= 15 is 0 Å². The van der Waals surface area contributed by atoms with Gasteiger partial charge in [-0.05, 0) is 6.42 Å². The number of phosphoric acid groups is 3. The first kappa shape index (κ1) is 77.4. The number of amides is 2. The summed E-state index contributed by atoms with van der Waals surface area (Å²) in [6, 6.07) is 0. The number of phosphoric ester groups is 3. The van der Waals surface area contributed by atoms with Gasteiger partial charge in [-0.1, -0.05) is 187 Å². The van der Waals surface area contributed by atoms with E-state index in [1.54, 1.807) is 0 Å². The molecule has 2 aromatic rings. The molecule has 31 heteroatoms. The Hall–Kier alpha value is -2.56. The Morgan fingerprint density at radius 3 is 1.74 bits per heavy atom. The summed E-state index contributed by atoms with van der Waals surface area (Å²) in [7, 11) is -17.3. The van der Waals surface area contributed by atoms with Crippen LogP contribution in [0.4, 0.5) is 5.82 Å². The first-order chi connectivity index (χ1) is 36.6. The molecule has 0 saturated carbocycles. The number of hydrogen-bond acceptors (Lipinski definition) is 21. The maximum atomic E-state index is 12.7. The van der Waals surface area contributed by atoms with Crippen molar-refractivity contribution < 1.29 is 80.5 Å². The van der Waals surface area contributed by atoms with Crippen LogP contribution in [0.3, 0.4) is 0 Å². The van der Waals surface area contributed by atoms with E-state index in [-0.39, 0.29) is 60.1 Å². The number of nitrogens with zero attached hydrogens (tertiary/aromatic N) is 4. The van der Waals surface area contributed by atoms with E-state index in [1.165, 1.54) is 155 Å². The third-order valence-electron chi connectivity index (χ3n) is 13.2. The third kappa shape index (κ3) is 31.9. The van der Waals surface area contributed by atoms with Crippen LogP contribution in [0.25, 0.3) is 11.2 Å². The van der Waals surface area contributed by atoms with Gasteiger partial charge in [-0.2, -0.15) is 0 Å². The fourth-order valence-electron chi connectivity index (χ4n) is 8.76. The lowest BCUT2D eigenvalue weighted by molar-refractivity contribution is -0.247. The average Bonchev–Trinajstić information content (AvgIpc) is 3.93. The van der Waals surface area contributed by atoms with Gasteiger partial charge in [-0.25, -0.2) is 19.3 Å². The highest BCUT2D eigenvalue weighted by molar-refractivity contribution is 8.13. The Balaban J connectivity index is 0.0000208. The molecule has 1 aliphatic rings. The van der Waals surface area contributed by atoms with Crippen molar-refractivity contribution in [3.63, 3.8) is 0 Å². The second-order valence-corrected chi connectivity index (χ2v) is 25.7. The summed E-state index contributed by atoms with van der Waals surface area (Å²) in [6.45, 7) is 2.52. The van der Waals surface area contributed by atoms with Crippen LogP contribution in [-0.2, 0) is 50.7 Å². The summed E-state index contributed by atoms with van der Waals surface area (Å²) in [4.78, 5) is 95.2. The molecule has 1 saturated heterocycles. The minimum Gasteiger partial charge on any atom is -0.756 e. The normalized spacial score (nSPS) is 18.9. The van der Waals surface area contributed by atoms with E-state index in [2.05, 4.69) is 50.4 Å². The summed E-state index contributed by atoms with van der Waals surface area (Å²) in [6.07, 6.45) is 26.1. The highest BCUT2D eigenvalue weighted by atomic mass is 32.2. The SMILES string of the molecule is CCCCCCCCCCCCCCCCCCCCCCCCCCCC(=O)SCCNC(=O)CCNC(=O)[C@H](O)C(C)(C)COP(=O)([O-])OP(=O)([O-])OC[C@H]1O[C@@H](n2cnc3c(N)ncnc32)[C@H](O)[C@@H]1OP(=O)([O-])O.[NH4+].[NH4+].[NH4+]. The molecule has 0 radical (unpaired) electrons. The van der Waals surface area contributed by atoms with Gasteiger partial charge < -0.3 is 82.9 Å². The molecule has 19 N–H and O–H groups in total. The maximum absolute atomic E-state index is 12.7. The lowest BCUT2D eigenvalue weighted by atomic mass is 9.87. The van der Waals surface area contributed by atoms with E-state index in [4.69, 9.17) is 10.5 Å². The largest absolute Gasteiger partial charge is 0.756 e. The first-order valence-electron chi connectivity index (χ1n) is 27.5. The fourth-order valence-corrected chi connectivity index (χ4v) is 12.2. The smallest absolute Gasteiger partial charge is 0.274 e. The Morgan fingerprint density at radius 1 is 0.750 bits per heavy atom. The molecule has 3 unspecified atom stereocenters. The third-order valence-corrected chi connectivity index (χ3v) is 17.2. The quantitative estimate of drug-likeness (QED) is 0.0223. The molecular weight excluding hydrogens is 1130 g/mol. The van der Waals surface area contributed by atoms with Gasteiger partial charge in [0.05, 0.1) is 19.5 Å². The zero-order chi connectivity index (χ0) is 56.7. The van der Waals surface area contributed by atoms with Crippen molar-refractivity contribution in [3.8, 4) is 0 Å². The van der Waals surface area contributed by atoms with Gasteiger partial charge in [-0.15, -0.1) is 0 Å². The van der Waals surface area contributed by atoms with E-state index < -0.39 is 84.6 Å². The number of nitrogens with one attached hydrogen (secondary N) is 2. The number of ether oxygens (including phenoxy) is 1. The number of hydrogen-bond donors (Lipinski definition) is 9. The Kier molecular flexibility index (Phi) is 40.1.